The number of halogens is 2. The summed E-state index contributed by atoms with van der Waals surface area (Å²) < 4.78 is 27.2. The van der Waals surface area contributed by atoms with Crippen LogP contribution in [-0.2, 0) is 6.54 Å². The Hall–Kier alpha value is -2.07. The van der Waals surface area contributed by atoms with E-state index in [4.69, 9.17) is 0 Å². The number of rotatable bonds is 4. The highest BCUT2D eigenvalue weighted by Gasteiger charge is 2.43. The van der Waals surface area contributed by atoms with Gasteiger partial charge in [0.2, 0.25) is 0 Å². The summed E-state index contributed by atoms with van der Waals surface area (Å²) >= 11 is 0. The summed E-state index contributed by atoms with van der Waals surface area (Å²) in [7, 11) is 0. The zero-order valence-corrected chi connectivity index (χ0v) is 14.9. The Kier molecular flexibility index (Phi) is 4.62. The highest BCUT2D eigenvalue weighted by Crippen LogP contribution is 2.41. The Morgan fingerprint density at radius 1 is 1.04 bits per heavy atom. The predicted octanol–water partition coefficient (Wildman–Crippen LogP) is 4.90. The van der Waals surface area contributed by atoms with Gasteiger partial charge in [-0.15, -0.1) is 0 Å². The van der Waals surface area contributed by atoms with E-state index in [0.29, 0.717) is 17.6 Å². The first-order valence-corrected chi connectivity index (χ1v) is 9.33. The van der Waals surface area contributed by atoms with Gasteiger partial charge in [-0.3, -0.25) is 9.69 Å². The summed E-state index contributed by atoms with van der Waals surface area (Å²) in [4.78, 5) is 15.5. The fourth-order valence-corrected chi connectivity index (χ4v) is 4.68. The Balaban J connectivity index is 1.50. The molecule has 2 aromatic carbocycles. The maximum atomic E-state index is 13.9. The summed E-state index contributed by atoms with van der Waals surface area (Å²) in [6.45, 7) is 2.41. The maximum Gasteiger partial charge on any atom is 0.166 e. The molecule has 2 heterocycles. The fourth-order valence-electron chi connectivity index (χ4n) is 4.68. The molecule has 0 saturated carbocycles. The van der Waals surface area contributed by atoms with E-state index < -0.39 is 11.6 Å². The van der Waals surface area contributed by atoms with Gasteiger partial charge in [-0.05, 0) is 55.9 Å². The Morgan fingerprint density at radius 2 is 1.69 bits per heavy atom. The molecule has 0 N–H and O–H groups in total. The number of fused-ring (bicyclic) bond motifs is 2. The standard InChI is InChI=1S/C22H23F2NO/c1-14-19(9-10-20(23)21(14)24)22(26)16-11-17-7-8-18(12-16)25(17)13-15-5-3-2-4-6-15/h2-6,9-10,16-18H,7-8,11-13H2,1H3. The zero-order valence-electron chi connectivity index (χ0n) is 14.9. The molecule has 2 aliphatic heterocycles. The van der Waals surface area contributed by atoms with Crippen LogP contribution in [0, 0.1) is 24.5 Å². The molecule has 2 saturated heterocycles. The van der Waals surface area contributed by atoms with Crippen molar-refractivity contribution in [2.75, 3.05) is 0 Å². The largest absolute Gasteiger partial charge is 0.294 e. The van der Waals surface area contributed by atoms with E-state index in [1.54, 1.807) is 0 Å². The first-order valence-electron chi connectivity index (χ1n) is 9.33. The molecular weight excluding hydrogens is 332 g/mol. The first-order chi connectivity index (χ1) is 12.5. The third kappa shape index (κ3) is 3.07. The van der Waals surface area contributed by atoms with Gasteiger partial charge in [0.1, 0.15) is 0 Å². The third-order valence-electron chi connectivity index (χ3n) is 6.07. The van der Waals surface area contributed by atoms with Crippen molar-refractivity contribution in [1.82, 2.24) is 4.90 Å². The van der Waals surface area contributed by atoms with E-state index >= 15 is 0 Å². The Morgan fingerprint density at radius 3 is 2.35 bits per heavy atom. The quantitative estimate of drug-likeness (QED) is 0.727. The molecule has 2 unspecified atom stereocenters. The van der Waals surface area contributed by atoms with E-state index in [-0.39, 0.29) is 17.3 Å². The average molecular weight is 355 g/mol. The molecule has 0 aliphatic carbocycles. The molecule has 4 rings (SSSR count). The number of nitrogens with zero attached hydrogens (tertiary/aromatic N) is 1. The lowest BCUT2D eigenvalue weighted by Gasteiger charge is -2.38. The molecule has 0 radical (unpaired) electrons. The molecule has 2 nitrogen and oxygen atoms in total. The van der Waals surface area contributed by atoms with Crippen molar-refractivity contribution >= 4 is 5.78 Å². The van der Waals surface area contributed by atoms with Gasteiger partial charge < -0.3 is 0 Å². The number of piperidine rings is 1. The van der Waals surface area contributed by atoms with E-state index in [2.05, 4.69) is 29.2 Å². The van der Waals surface area contributed by atoms with Crippen molar-refractivity contribution in [3.63, 3.8) is 0 Å². The summed E-state index contributed by atoms with van der Waals surface area (Å²) in [5.74, 6) is -1.92. The van der Waals surface area contributed by atoms with E-state index in [1.165, 1.54) is 18.6 Å². The minimum atomic E-state index is -0.902. The maximum absolute atomic E-state index is 13.9. The van der Waals surface area contributed by atoms with Crippen LogP contribution < -0.4 is 0 Å². The van der Waals surface area contributed by atoms with Gasteiger partial charge >= 0.3 is 0 Å². The van der Waals surface area contributed by atoms with Gasteiger partial charge in [0.15, 0.2) is 17.4 Å². The lowest BCUT2D eigenvalue weighted by Crippen LogP contribution is -2.44. The molecule has 2 fully saturated rings. The Bertz CT molecular complexity index is 806. The predicted molar refractivity (Wildman–Crippen MR) is 96.9 cm³/mol. The lowest BCUT2D eigenvalue weighted by molar-refractivity contribution is 0.0677. The number of carbonyl (C=O) groups excluding carboxylic acids is 1. The fraction of sp³-hybridized carbons (Fsp3) is 0.409. The lowest BCUT2D eigenvalue weighted by atomic mass is 9.83. The molecule has 2 aromatic rings. The topological polar surface area (TPSA) is 20.3 Å². The van der Waals surface area contributed by atoms with E-state index in [0.717, 1.165) is 38.3 Å². The van der Waals surface area contributed by atoms with Gasteiger partial charge in [-0.25, -0.2) is 8.78 Å². The minimum Gasteiger partial charge on any atom is -0.294 e. The highest BCUT2D eigenvalue weighted by atomic mass is 19.2. The molecule has 0 aromatic heterocycles. The summed E-state index contributed by atoms with van der Waals surface area (Å²) in [5.41, 5.74) is 1.77. The van der Waals surface area contributed by atoms with Crippen LogP contribution in [-0.4, -0.2) is 22.8 Å². The van der Waals surface area contributed by atoms with Crippen LogP contribution in [0.5, 0.6) is 0 Å². The van der Waals surface area contributed by atoms with Gasteiger partial charge in [-0.2, -0.15) is 0 Å². The van der Waals surface area contributed by atoms with Gasteiger partial charge in [0.25, 0.3) is 0 Å². The number of ketones is 1. The number of hydrogen-bond acceptors (Lipinski definition) is 2. The molecular formula is C22H23F2NO. The van der Waals surface area contributed by atoms with Crippen molar-refractivity contribution in [3.8, 4) is 0 Å². The first kappa shape index (κ1) is 17.3. The molecule has 2 atom stereocenters. The van der Waals surface area contributed by atoms with E-state index in [1.807, 2.05) is 6.07 Å². The number of Topliss-reactive ketones (excluding diaryl/α,β-unsaturated/α-hetero) is 1. The Labute approximate surface area is 152 Å². The van der Waals surface area contributed by atoms with Crippen molar-refractivity contribution in [3.05, 3.63) is 70.8 Å². The van der Waals surface area contributed by atoms with Crippen molar-refractivity contribution in [2.24, 2.45) is 5.92 Å². The van der Waals surface area contributed by atoms with Crippen LogP contribution in [0.3, 0.4) is 0 Å². The monoisotopic (exact) mass is 355 g/mol. The summed E-state index contributed by atoms with van der Waals surface area (Å²) in [5, 5.41) is 0. The molecule has 2 aliphatic rings. The normalized spacial score (nSPS) is 25.4. The van der Waals surface area contributed by atoms with Crippen LogP contribution in [0.15, 0.2) is 42.5 Å². The molecule has 4 heteroatoms. The molecule has 26 heavy (non-hydrogen) atoms. The van der Waals surface area contributed by atoms with Crippen LogP contribution in [0.4, 0.5) is 8.78 Å². The SMILES string of the molecule is Cc1c(C(=O)C2CC3CCC(C2)N3Cc2ccccc2)ccc(F)c1F. The second-order valence-corrected chi connectivity index (χ2v) is 7.61. The molecule has 0 amide bonds. The zero-order chi connectivity index (χ0) is 18.3. The average Bonchev–Trinajstić information content (AvgIpc) is 2.88. The smallest absolute Gasteiger partial charge is 0.166 e. The van der Waals surface area contributed by atoms with Crippen LogP contribution >= 0.6 is 0 Å². The van der Waals surface area contributed by atoms with Gasteiger partial charge in [0.05, 0.1) is 0 Å². The molecule has 2 bridgehead atoms. The number of benzene rings is 2. The minimum absolute atomic E-state index is 0.0299. The number of hydrogen-bond donors (Lipinski definition) is 0. The van der Waals surface area contributed by atoms with Crippen LogP contribution in [0.25, 0.3) is 0 Å². The van der Waals surface area contributed by atoms with Gasteiger partial charge in [0, 0.05) is 30.1 Å². The van der Waals surface area contributed by atoms with Crippen LogP contribution in [0.2, 0.25) is 0 Å². The van der Waals surface area contributed by atoms with Crippen molar-refractivity contribution < 1.29 is 13.6 Å². The second kappa shape index (κ2) is 6.92. The highest BCUT2D eigenvalue weighted by molar-refractivity contribution is 5.99. The van der Waals surface area contributed by atoms with Crippen molar-refractivity contribution in [2.45, 2.75) is 51.2 Å². The molecule has 0 spiro atoms. The van der Waals surface area contributed by atoms with Gasteiger partial charge in [-0.1, -0.05) is 30.3 Å². The number of carbonyl (C=O) groups is 1. The second-order valence-electron chi connectivity index (χ2n) is 7.61. The molecule has 136 valence electrons. The summed E-state index contributed by atoms with van der Waals surface area (Å²) in [6.07, 6.45) is 3.83. The van der Waals surface area contributed by atoms with E-state index in [9.17, 15) is 13.6 Å². The summed E-state index contributed by atoms with van der Waals surface area (Å²) in [6, 6.07) is 13.7. The third-order valence-corrected chi connectivity index (χ3v) is 6.07. The van der Waals surface area contributed by atoms with Crippen molar-refractivity contribution in [1.29, 1.82) is 0 Å². The van der Waals surface area contributed by atoms with Crippen LogP contribution in [0.1, 0.15) is 47.2 Å².